The lowest BCUT2D eigenvalue weighted by molar-refractivity contribution is 1.00. The molecule has 0 unspecified atom stereocenters. The second-order valence-corrected chi connectivity index (χ2v) is 1.04. The molecule has 6 heavy (non-hydrogen) atoms. The summed E-state index contributed by atoms with van der Waals surface area (Å²) in [6.07, 6.45) is 3.64. The van der Waals surface area contributed by atoms with E-state index in [2.05, 4.69) is 17.2 Å². The Morgan fingerprint density at radius 2 is 2.67 bits per heavy atom. The molecule has 0 aromatic heterocycles. The van der Waals surface area contributed by atoms with Crippen LogP contribution in [-0.4, -0.2) is 6.54 Å². The molecule has 1 rings (SSSR count). The lowest BCUT2D eigenvalue weighted by Gasteiger charge is -1.90. The van der Waals surface area contributed by atoms with Crippen molar-refractivity contribution in [3.05, 3.63) is 12.3 Å². The minimum absolute atomic E-state index is 0.802. The first-order valence-electron chi connectivity index (χ1n) is 1.87. The van der Waals surface area contributed by atoms with Crippen molar-refractivity contribution in [3.8, 4) is 11.8 Å². The number of allylic oxidation sites excluding steroid dienone is 1. The molecule has 0 aliphatic carbocycles. The Kier molecular flexibility index (Phi) is 0.832. The second kappa shape index (κ2) is 1.51. The lowest BCUT2D eigenvalue weighted by atomic mass is 10.5. The molecule has 0 spiro atoms. The van der Waals surface area contributed by atoms with Crippen molar-refractivity contribution in [2.24, 2.45) is 0 Å². The third-order valence-corrected chi connectivity index (χ3v) is 0.577. The summed E-state index contributed by atoms with van der Waals surface area (Å²) in [6.45, 7) is 0.802. The van der Waals surface area contributed by atoms with Gasteiger partial charge in [-0.05, 0) is 0 Å². The molecule has 0 aromatic carbocycles. The Hall–Kier alpha value is -0.900. The quantitative estimate of drug-likeness (QED) is 0.406. The van der Waals surface area contributed by atoms with Gasteiger partial charge in [-0.15, -0.1) is 0 Å². The third kappa shape index (κ3) is 0.526. The van der Waals surface area contributed by atoms with Crippen LogP contribution in [0, 0.1) is 11.8 Å². The van der Waals surface area contributed by atoms with Gasteiger partial charge in [0.25, 0.3) is 0 Å². The maximum atomic E-state index is 2.93. The molecule has 0 amide bonds. The van der Waals surface area contributed by atoms with Crippen LogP contribution in [0.1, 0.15) is 0 Å². The number of rotatable bonds is 0. The van der Waals surface area contributed by atoms with Crippen LogP contribution >= 0.6 is 0 Å². The molecule has 30 valence electrons. The zero-order valence-electron chi connectivity index (χ0n) is 3.36. The largest absolute Gasteiger partial charge is 0.380 e. The van der Waals surface area contributed by atoms with E-state index in [4.69, 9.17) is 0 Å². The van der Waals surface area contributed by atoms with Crippen LogP contribution in [0.3, 0.4) is 0 Å². The lowest BCUT2D eigenvalue weighted by Crippen LogP contribution is -2.05. The molecule has 0 atom stereocenters. The maximum Gasteiger partial charge on any atom is 0.0764 e. The fourth-order valence-electron chi connectivity index (χ4n) is 0.321. The first-order chi connectivity index (χ1) is 3.00. The normalized spacial score (nSPS) is 14.7. The minimum Gasteiger partial charge on any atom is -0.380 e. The summed E-state index contributed by atoms with van der Waals surface area (Å²) in [5.41, 5.74) is 0. The summed E-state index contributed by atoms with van der Waals surface area (Å²) in [5.74, 6) is 5.63. The van der Waals surface area contributed by atoms with Gasteiger partial charge in [0.15, 0.2) is 0 Å². The average Bonchev–Trinajstić information content (AvgIpc) is 1.72. The highest BCUT2D eigenvalue weighted by Crippen LogP contribution is 1.68. The van der Waals surface area contributed by atoms with E-state index in [0.717, 1.165) is 6.54 Å². The van der Waals surface area contributed by atoms with E-state index < -0.39 is 0 Å². The fraction of sp³-hybridized carbons (Fsp3) is 0.200. The average molecular weight is 79.1 g/mol. The summed E-state index contributed by atoms with van der Waals surface area (Å²) >= 11 is 0. The van der Waals surface area contributed by atoms with Crippen molar-refractivity contribution in [3.63, 3.8) is 0 Å². The van der Waals surface area contributed by atoms with Crippen LogP contribution < -0.4 is 5.32 Å². The van der Waals surface area contributed by atoms with Gasteiger partial charge >= 0.3 is 0 Å². The monoisotopic (exact) mass is 79.0 g/mol. The highest BCUT2D eigenvalue weighted by molar-refractivity contribution is 5.19. The Morgan fingerprint density at radius 3 is 2.83 bits per heavy atom. The molecule has 1 aliphatic rings. The van der Waals surface area contributed by atoms with E-state index in [1.54, 1.807) is 6.08 Å². The van der Waals surface area contributed by atoms with Crippen molar-refractivity contribution in [2.45, 2.75) is 0 Å². The molecule has 1 heteroatoms. The molecular formula is C5H5N. The molecule has 0 aromatic rings. The molecule has 1 heterocycles. The summed E-state index contributed by atoms with van der Waals surface area (Å²) in [6, 6.07) is 0. The van der Waals surface area contributed by atoms with Crippen molar-refractivity contribution in [2.75, 3.05) is 6.54 Å². The van der Waals surface area contributed by atoms with Gasteiger partial charge in [0.1, 0.15) is 0 Å². The van der Waals surface area contributed by atoms with E-state index in [0.29, 0.717) is 0 Å². The molecule has 0 radical (unpaired) electrons. The number of nitrogens with one attached hydrogen (secondary N) is 1. The number of hydrogen-bond donors (Lipinski definition) is 1. The molecule has 1 aliphatic heterocycles. The van der Waals surface area contributed by atoms with E-state index in [1.165, 1.54) is 0 Å². The zero-order valence-corrected chi connectivity index (χ0v) is 3.36. The SMILES string of the molecule is C1#CCNC=C1. The predicted molar refractivity (Wildman–Crippen MR) is 24.9 cm³/mol. The molecule has 0 fully saturated rings. The van der Waals surface area contributed by atoms with Crippen LogP contribution in [0.4, 0.5) is 0 Å². The second-order valence-electron chi connectivity index (χ2n) is 1.04. The highest BCUT2D eigenvalue weighted by atomic mass is 14.8. The molecular weight excluding hydrogens is 74.1 g/mol. The third-order valence-electron chi connectivity index (χ3n) is 0.577. The van der Waals surface area contributed by atoms with Gasteiger partial charge in [-0.1, -0.05) is 11.8 Å². The Bertz CT molecular complexity index is 114. The summed E-state index contributed by atoms with van der Waals surface area (Å²) in [4.78, 5) is 0. The summed E-state index contributed by atoms with van der Waals surface area (Å²) in [5, 5.41) is 2.93. The van der Waals surface area contributed by atoms with Gasteiger partial charge in [-0.25, -0.2) is 0 Å². The van der Waals surface area contributed by atoms with Crippen LogP contribution in [0.2, 0.25) is 0 Å². The summed E-state index contributed by atoms with van der Waals surface area (Å²) < 4.78 is 0. The Morgan fingerprint density at radius 1 is 1.67 bits per heavy atom. The van der Waals surface area contributed by atoms with Gasteiger partial charge in [-0.3, -0.25) is 0 Å². The standard InChI is InChI=1S/C5H5N/c1-2-4-6-5-3-1/h2,4,6H,5H2. The zero-order chi connectivity index (χ0) is 4.24. The van der Waals surface area contributed by atoms with Crippen LogP contribution in [0.5, 0.6) is 0 Å². The van der Waals surface area contributed by atoms with Gasteiger partial charge in [0.05, 0.1) is 6.54 Å². The van der Waals surface area contributed by atoms with Gasteiger partial charge in [0, 0.05) is 12.3 Å². The Balaban J connectivity index is 2.58. The topological polar surface area (TPSA) is 12.0 Å². The minimum atomic E-state index is 0.802. The first kappa shape index (κ1) is 3.30. The highest BCUT2D eigenvalue weighted by Gasteiger charge is 1.71. The smallest absolute Gasteiger partial charge is 0.0764 e. The number of hydrogen-bond acceptors (Lipinski definition) is 1. The molecule has 1 N–H and O–H groups in total. The summed E-state index contributed by atoms with van der Waals surface area (Å²) in [7, 11) is 0. The maximum absolute atomic E-state index is 2.93. The van der Waals surface area contributed by atoms with E-state index >= 15 is 0 Å². The van der Waals surface area contributed by atoms with E-state index in [9.17, 15) is 0 Å². The van der Waals surface area contributed by atoms with Crippen molar-refractivity contribution in [1.82, 2.24) is 5.32 Å². The van der Waals surface area contributed by atoms with Crippen LogP contribution in [-0.2, 0) is 0 Å². The van der Waals surface area contributed by atoms with Crippen molar-refractivity contribution >= 4 is 0 Å². The van der Waals surface area contributed by atoms with E-state index in [1.807, 2.05) is 6.20 Å². The van der Waals surface area contributed by atoms with Crippen molar-refractivity contribution < 1.29 is 0 Å². The van der Waals surface area contributed by atoms with Gasteiger partial charge in [0.2, 0.25) is 0 Å². The molecule has 0 bridgehead atoms. The van der Waals surface area contributed by atoms with Gasteiger partial charge in [-0.2, -0.15) is 0 Å². The fourth-order valence-corrected chi connectivity index (χ4v) is 0.321. The molecule has 0 saturated heterocycles. The van der Waals surface area contributed by atoms with Gasteiger partial charge < -0.3 is 5.32 Å². The molecule has 0 saturated carbocycles. The van der Waals surface area contributed by atoms with Crippen LogP contribution in [0.15, 0.2) is 12.3 Å². The van der Waals surface area contributed by atoms with Crippen molar-refractivity contribution in [1.29, 1.82) is 0 Å². The van der Waals surface area contributed by atoms with E-state index in [-0.39, 0.29) is 0 Å². The van der Waals surface area contributed by atoms with Crippen LogP contribution in [0.25, 0.3) is 0 Å². The Labute approximate surface area is 37.1 Å². The molecule has 1 nitrogen and oxygen atoms in total. The predicted octanol–water partition coefficient (Wildman–Crippen LogP) is 0.107. The first-order valence-corrected chi connectivity index (χ1v) is 1.87.